The molecule has 0 aliphatic heterocycles. The predicted molar refractivity (Wildman–Crippen MR) is 112 cm³/mol. The fourth-order valence-corrected chi connectivity index (χ4v) is 4.95. The van der Waals surface area contributed by atoms with Crippen LogP contribution in [-0.4, -0.2) is 27.4 Å². The van der Waals surface area contributed by atoms with E-state index in [1.165, 1.54) is 31.5 Å². The third-order valence-electron chi connectivity index (χ3n) is 5.21. The average molecular weight is 398 g/mol. The van der Waals surface area contributed by atoms with Gasteiger partial charge in [0.25, 0.3) is 0 Å². The fourth-order valence-electron chi connectivity index (χ4n) is 3.96. The van der Waals surface area contributed by atoms with Crippen LogP contribution in [0.15, 0.2) is 35.4 Å². The molecule has 0 spiro atoms. The molecule has 1 saturated carbocycles. The zero-order valence-corrected chi connectivity index (χ0v) is 17.5. The van der Waals surface area contributed by atoms with E-state index in [-0.39, 0.29) is 23.5 Å². The van der Waals surface area contributed by atoms with E-state index in [1.54, 1.807) is 13.8 Å². The van der Waals surface area contributed by atoms with E-state index in [0.29, 0.717) is 28.0 Å². The second kappa shape index (κ2) is 9.32. The number of hydrogen-bond donors (Lipinski definition) is 1. The van der Waals surface area contributed by atoms with Crippen molar-refractivity contribution in [3.63, 3.8) is 0 Å². The smallest absolute Gasteiger partial charge is 0.230 e. The highest BCUT2D eigenvalue weighted by molar-refractivity contribution is 8.00. The number of thioether (sulfide) groups is 1. The summed E-state index contributed by atoms with van der Waals surface area (Å²) in [6.07, 6.45) is 4.73. The number of amides is 1. The fraction of sp³-hybridized carbons (Fsp3) is 0.455. The van der Waals surface area contributed by atoms with Gasteiger partial charge in [0.05, 0.1) is 23.1 Å². The van der Waals surface area contributed by atoms with Crippen molar-refractivity contribution in [3.05, 3.63) is 53.0 Å². The number of benzene rings is 1. The van der Waals surface area contributed by atoms with E-state index in [2.05, 4.69) is 27.4 Å². The third-order valence-corrected chi connectivity index (χ3v) is 6.18. The molecule has 2 aromatic rings. The van der Waals surface area contributed by atoms with Gasteiger partial charge in [-0.25, -0.2) is 9.97 Å². The van der Waals surface area contributed by atoms with Gasteiger partial charge in [-0.2, -0.15) is 0 Å². The summed E-state index contributed by atoms with van der Waals surface area (Å²) in [5.41, 5.74) is 2.33. The number of carbonyl (C=O) groups is 2. The summed E-state index contributed by atoms with van der Waals surface area (Å²) in [5.74, 6) is 1.21. The van der Waals surface area contributed by atoms with Crippen LogP contribution in [0.2, 0.25) is 0 Å². The van der Waals surface area contributed by atoms with Gasteiger partial charge >= 0.3 is 0 Å². The van der Waals surface area contributed by atoms with E-state index in [4.69, 9.17) is 0 Å². The molecule has 1 amide bonds. The summed E-state index contributed by atoms with van der Waals surface area (Å²) in [6, 6.07) is 10.2. The van der Waals surface area contributed by atoms with Gasteiger partial charge in [-0.1, -0.05) is 54.9 Å². The lowest BCUT2D eigenvalue weighted by Gasteiger charge is -2.25. The Balaban J connectivity index is 1.71. The monoisotopic (exact) mass is 397 g/mol. The van der Waals surface area contributed by atoms with Crippen LogP contribution < -0.4 is 5.32 Å². The van der Waals surface area contributed by atoms with Crippen LogP contribution in [0.1, 0.15) is 66.1 Å². The van der Waals surface area contributed by atoms with Gasteiger partial charge in [0.1, 0.15) is 10.9 Å². The molecule has 1 heterocycles. The molecule has 1 aromatic heterocycles. The topological polar surface area (TPSA) is 72.0 Å². The summed E-state index contributed by atoms with van der Waals surface area (Å²) >= 11 is 1.31. The van der Waals surface area contributed by atoms with Gasteiger partial charge in [0.15, 0.2) is 5.78 Å². The molecule has 1 aliphatic rings. The highest BCUT2D eigenvalue weighted by Crippen LogP contribution is 2.36. The molecular weight excluding hydrogens is 370 g/mol. The lowest BCUT2D eigenvalue weighted by atomic mass is 9.91. The van der Waals surface area contributed by atoms with Crippen LogP contribution in [0.25, 0.3) is 0 Å². The maximum absolute atomic E-state index is 12.7. The predicted octanol–water partition coefficient (Wildman–Crippen LogP) is 4.44. The number of aromatic nitrogens is 2. The Labute approximate surface area is 170 Å². The normalized spacial score (nSPS) is 15.4. The van der Waals surface area contributed by atoms with Crippen molar-refractivity contribution in [2.24, 2.45) is 5.92 Å². The first kappa shape index (κ1) is 20.5. The first-order valence-electron chi connectivity index (χ1n) is 9.79. The van der Waals surface area contributed by atoms with E-state index in [1.807, 2.05) is 18.2 Å². The second-order valence-electron chi connectivity index (χ2n) is 7.38. The number of rotatable bonds is 7. The van der Waals surface area contributed by atoms with Gasteiger partial charge in [-0.3, -0.25) is 9.59 Å². The standard InChI is InChI=1S/C22H27N3O2S/c1-14-20(15(2)26)22(24-16(3)23-14)28-13-19(27)25-21(18-11-7-8-12-18)17-9-5-4-6-10-17/h4-6,9-10,18,21H,7-8,11-13H2,1-3H3,(H,25,27). The minimum absolute atomic E-state index is 0.0332. The molecule has 1 N–H and O–H groups in total. The van der Waals surface area contributed by atoms with Crippen molar-refractivity contribution in [2.75, 3.05) is 5.75 Å². The number of carbonyl (C=O) groups excluding carboxylic acids is 2. The Kier molecular flexibility index (Phi) is 6.83. The highest BCUT2D eigenvalue weighted by atomic mass is 32.2. The number of nitrogens with one attached hydrogen (secondary N) is 1. The molecule has 1 aromatic carbocycles. The Morgan fingerprint density at radius 1 is 1.14 bits per heavy atom. The van der Waals surface area contributed by atoms with E-state index in [0.717, 1.165) is 18.4 Å². The maximum Gasteiger partial charge on any atom is 0.230 e. The molecular formula is C22H27N3O2S. The molecule has 0 bridgehead atoms. The van der Waals surface area contributed by atoms with E-state index >= 15 is 0 Å². The van der Waals surface area contributed by atoms with Crippen molar-refractivity contribution in [1.82, 2.24) is 15.3 Å². The lowest BCUT2D eigenvalue weighted by molar-refractivity contribution is -0.119. The van der Waals surface area contributed by atoms with Crippen LogP contribution in [-0.2, 0) is 4.79 Å². The summed E-state index contributed by atoms with van der Waals surface area (Å²) in [7, 11) is 0. The summed E-state index contributed by atoms with van der Waals surface area (Å²) in [5, 5.41) is 3.82. The molecule has 5 nitrogen and oxygen atoms in total. The third kappa shape index (κ3) is 4.98. The summed E-state index contributed by atoms with van der Waals surface area (Å²) in [6.45, 7) is 5.12. The first-order chi connectivity index (χ1) is 13.5. The lowest BCUT2D eigenvalue weighted by Crippen LogP contribution is -2.34. The summed E-state index contributed by atoms with van der Waals surface area (Å²) in [4.78, 5) is 33.4. The number of hydrogen-bond acceptors (Lipinski definition) is 5. The SMILES string of the molecule is CC(=O)c1c(C)nc(C)nc1SCC(=O)NC(c1ccccc1)C1CCCC1. The number of Topliss-reactive ketones (excluding diaryl/α,β-unsaturated/α-hetero) is 1. The second-order valence-corrected chi connectivity index (χ2v) is 8.35. The zero-order valence-electron chi connectivity index (χ0n) is 16.7. The largest absolute Gasteiger partial charge is 0.348 e. The Hall–Kier alpha value is -2.21. The minimum Gasteiger partial charge on any atom is -0.348 e. The van der Waals surface area contributed by atoms with Crippen LogP contribution in [0.4, 0.5) is 0 Å². The molecule has 1 aliphatic carbocycles. The molecule has 1 fully saturated rings. The van der Waals surface area contributed by atoms with Gasteiger partial charge in [0.2, 0.25) is 5.91 Å². The molecule has 1 unspecified atom stereocenters. The zero-order chi connectivity index (χ0) is 20.1. The van der Waals surface area contributed by atoms with Crippen molar-refractivity contribution in [2.45, 2.75) is 57.5 Å². The number of ketones is 1. The first-order valence-corrected chi connectivity index (χ1v) is 10.8. The molecule has 0 radical (unpaired) electrons. The molecule has 6 heteroatoms. The van der Waals surface area contributed by atoms with E-state index < -0.39 is 0 Å². The molecule has 3 rings (SSSR count). The Morgan fingerprint density at radius 2 is 1.82 bits per heavy atom. The molecule has 28 heavy (non-hydrogen) atoms. The Bertz CT molecular complexity index is 848. The van der Waals surface area contributed by atoms with Gasteiger partial charge in [-0.15, -0.1) is 0 Å². The van der Waals surface area contributed by atoms with E-state index in [9.17, 15) is 9.59 Å². The summed E-state index contributed by atoms with van der Waals surface area (Å²) < 4.78 is 0. The van der Waals surface area contributed by atoms with Crippen molar-refractivity contribution in [1.29, 1.82) is 0 Å². The quantitative estimate of drug-likeness (QED) is 0.425. The number of aryl methyl sites for hydroxylation is 2. The van der Waals surface area contributed by atoms with Crippen LogP contribution in [0, 0.1) is 19.8 Å². The van der Waals surface area contributed by atoms with Gasteiger partial charge in [-0.05, 0) is 45.1 Å². The molecule has 148 valence electrons. The highest BCUT2D eigenvalue weighted by Gasteiger charge is 2.27. The van der Waals surface area contributed by atoms with Crippen LogP contribution in [0.3, 0.4) is 0 Å². The van der Waals surface area contributed by atoms with Crippen LogP contribution in [0.5, 0.6) is 0 Å². The average Bonchev–Trinajstić information content (AvgIpc) is 3.18. The molecule has 1 atom stereocenters. The van der Waals surface area contributed by atoms with Crippen LogP contribution >= 0.6 is 11.8 Å². The van der Waals surface area contributed by atoms with Gasteiger partial charge < -0.3 is 5.32 Å². The van der Waals surface area contributed by atoms with Crippen molar-refractivity contribution < 1.29 is 9.59 Å². The maximum atomic E-state index is 12.7. The number of nitrogens with zero attached hydrogens (tertiary/aromatic N) is 2. The Morgan fingerprint density at radius 3 is 2.46 bits per heavy atom. The van der Waals surface area contributed by atoms with Crippen molar-refractivity contribution in [3.8, 4) is 0 Å². The van der Waals surface area contributed by atoms with Gasteiger partial charge in [0, 0.05) is 0 Å². The molecule has 0 saturated heterocycles. The minimum atomic E-state index is -0.0754. The van der Waals surface area contributed by atoms with Crippen molar-refractivity contribution >= 4 is 23.5 Å².